The lowest BCUT2D eigenvalue weighted by Gasteiger charge is -2.14. The normalized spacial score (nSPS) is 10.7. The second kappa shape index (κ2) is 7.55. The monoisotopic (exact) mass is 388 g/mol. The molecule has 3 aromatic carbocycles. The summed E-state index contributed by atoms with van der Waals surface area (Å²) in [6.07, 6.45) is -0.855. The Balaban J connectivity index is 1.54. The van der Waals surface area contributed by atoms with Crippen molar-refractivity contribution in [2.75, 3.05) is 19.0 Å². The molecule has 0 fully saturated rings. The van der Waals surface area contributed by atoms with Crippen molar-refractivity contribution in [3.63, 3.8) is 0 Å². The molecule has 0 aliphatic carbocycles. The molecule has 0 spiro atoms. The molecule has 0 saturated carbocycles. The van der Waals surface area contributed by atoms with Crippen LogP contribution in [0.15, 0.2) is 66.7 Å². The molecule has 7 nitrogen and oxygen atoms in total. The van der Waals surface area contributed by atoms with Gasteiger partial charge in [0, 0.05) is 37.5 Å². The van der Waals surface area contributed by atoms with E-state index in [4.69, 9.17) is 15.2 Å². The topological polar surface area (TPSA) is 93.5 Å². The van der Waals surface area contributed by atoms with E-state index in [9.17, 15) is 4.79 Å². The molecule has 1 aromatic heterocycles. The summed E-state index contributed by atoms with van der Waals surface area (Å²) in [6.45, 7) is 0. The summed E-state index contributed by atoms with van der Waals surface area (Å²) in [4.78, 5) is 20.7. The number of imidazole rings is 1. The van der Waals surface area contributed by atoms with Crippen LogP contribution < -0.4 is 20.1 Å². The maximum atomic E-state index is 10.9. The zero-order valence-electron chi connectivity index (χ0n) is 16.0. The second-order valence-corrected chi connectivity index (χ2v) is 6.70. The number of nitrogens with two attached hydrogens (primary N) is 1. The minimum Gasteiger partial charge on any atom is -0.457 e. The molecular weight excluding hydrogens is 368 g/mol. The maximum Gasteiger partial charge on any atom is 0.409 e. The van der Waals surface area contributed by atoms with Crippen LogP contribution in [0.5, 0.6) is 17.2 Å². The lowest BCUT2D eigenvalue weighted by atomic mass is 10.2. The van der Waals surface area contributed by atoms with Gasteiger partial charge in [0.05, 0.1) is 11.0 Å². The number of carbonyl (C=O) groups is 1. The molecule has 4 aromatic rings. The van der Waals surface area contributed by atoms with E-state index < -0.39 is 6.09 Å². The van der Waals surface area contributed by atoms with Gasteiger partial charge >= 0.3 is 6.09 Å². The SMILES string of the molecule is CN(C)c1cccc(Oc2ccc(-c3nc4cc(OC(N)=O)ccc4[nH]3)cc2)c1. The Kier molecular flexibility index (Phi) is 4.78. The van der Waals surface area contributed by atoms with Crippen molar-refractivity contribution in [1.29, 1.82) is 0 Å². The molecule has 146 valence electrons. The van der Waals surface area contributed by atoms with Gasteiger partial charge in [-0.2, -0.15) is 0 Å². The number of ether oxygens (including phenoxy) is 2. The second-order valence-electron chi connectivity index (χ2n) is 6.70. The zero-order chi connectivity index (χ0) is 20.4. The van der Waals surface area contributed by atoms with Crippen molar-refractivity contribution < 1.29 is 14.3 Å². The lowest BCUT2D eigenvalue weighted by molar-refractivity contribution is 0.211. The predicted molar refractivity (Wildman–Crippen MR) is 113 cm³/mol. The summed E-state index contributed by atoms with van der Waals surface area (Å²) in [7, 11) is 3.98. The molecule has 1 amide bonds. The van der Waals surface area contributed by atoms with Gasteiger partial charge in [0.25, 0.3) is 0 Å². The van der Waals surface area contributed by atoms with Crippen molar-refractivity contribution in [3.05, 3.63) is 66.7 Å². The third-order valence-corrected chi connectivity index (χ3v) is 4.37. The Morgan fingerprint density at radius 1 is 0.966 bits per heavy atom. The number of nitrogens with one attached hydrogen (secondary N) is 1. The number of fused-ring (bicyclic) bond motifs is 1. The molecule has 0 bridgehead atoms. The zero-order valence-corrected chi connectivity index (χ0v) is 16.0. The number of hydrogen-bond donors (Lipinski definition) is 2. The standard InChI is InChI=1S/C22H20N4O3/c1-26(2)15-4-3-5-17(12-15)28-16-8-6-14(7-9-16)21-24-19-11-10-18(29-22(23)27)13-20(19)25-21/h3-13H,1-2H3,(H2,23,27)(H,24,25). The van der Waals surface area contributed by atoms with Gasteiger partial charge in [-0.15, -0.1) is 0 Å². The van der Waals surface area contributed by atoms with E-state index >= 15 is 0 Å². The third kappa shape index (κ3) is 4.14. The van der Waals surface area contributed by atoms with Gasteiger partial charge in [-0.25, -0.2) is 9.78 Å². The fourth-order valence-corrected chi connectivity index (χ4v) is 2.94. The Morgan fingerprint density at radius 3 is 2.45 bits per heavy atom. The summed E-state index contributed by atoms with van der Waals surface area (Å²) in [5.74, 6) is 2.57. The summed E-state index contributed by atoms with van der Waals surface area (Å²) in [5.41, 5.74) is 8.55. The number of benzene rings is 3. The molecule has 7 heteroatoms. The number of hydrogen-bond acceptors (Lipinski definition) is 5. The Morgan fingerprint density at radius 2 is 1.72 bits per heavy atom. The van der Waals surface area contributed by atoms with Crippen LogP contribution in [-0.2, 0) is 0 Å². The number of H-pyrrole nitrogens is 1. The molecule has 0 aliphatic rings. The first-order valence-electron chi connectivity index (χ1n) is 9.01. The Hall–Kier alpha value is -4.00. The van der Waals surface area contributed by atoms with E-state index in [-0.39, 0.29) is 0 Å². The highest BCUT2D eigenvalue weighted by Crippen LogP contribution is 2.28. The highest BCUT2D eigenvalue weighted by molar-refractivity contribution is 5.81. The fraction of sp³-hybridized carbons (Fsp3) is 0.0909. The molecule has 0 unspecified atom stereocenters. The highest BCUT2D eigenvalue weighted by atomic mass is 16.5. The number of aromatic nitrogens is 2. The van der Waals surface area contributed by atoms with Crippen LogP contribution in [0.4, 0.5) is 10.5 Å². The van der Waals surface area contributed by atoms with Gasteiger partial charge in [0.15, 0.2) is 0 Å². The Bertz CT molecular complexity index is 1170. The molecule has 0 radical (unpaired) electrons. The van der Waals surface area contributed by atoms with E-state index in [1.165, 1.54) is 0 Å². The summed E-state index contributed by atoms with van der Waals surface area (Å²) in [5, 5.41) is 0. The van der Waals surface area contributed by atoms with Crippen molar-refractivity contribution in [3.8, 4) is 28.6 Å². The van der Waals surface area contributed by atoms with Gasteiger partial charge in [0.1, 0.15) is 23.1 Å². The number of carbonyl (C=O) groups excluding carboxylic acids is 1. The van der Waals surface area contributed by atoms with Crippen molar-refractivity contribution in [1.82, 2.24) is 9.97 Å². The van der Waals surface area contributed by atoms with E-state index in [0.717, 1.165) is 28.3 Å². The van der Waals surface area contributed by atoms with Crippen LogP contribution in [0.3, 0.4) is 0 Å². The van der Waals surface area contributed by atoms with Crippen molar-refractivity contribution >= 4 is 22.8 Å². The molecule has 29 heavy (non-hydrogen) atoms. The smallest absolute Gasteiger partial charge is 0.409 e. The average molecular weight is 388 g/mol. The van der Waals surface area contributed by atoms with E-state index in [1.807, 2.05) is 67.5 Å². The molecule has 4 rings (SSSR count). The van der Waals surface area contributed by atoms with Gasteiger partial charge in [-0.05, 0) is 48.5 Å². The van der Waals surface area contributed by atoms with Gasteiger partial charge in [-0.1, -0.05) is 6.07 Å². The van der Waals surface area contributed by atoms with Crippen LogP contribution in [0.25, 0.3) is 22.4 Å². The van der Waals surface area contributed by atoms with Crippen LogP contribution in [0.1, 0.15) is 0 Å². The number of anilines is 1. The first-order chi connectivity index (χ1) is 14.0. The third-order valence-electron chi connectivity index (χ3n) is 4.37. The first-order valence-corrected chi connectivity index (χ1v) is 9.01. The number of rotatable bonds is 5. The van der Waals surface area contributed by atoms with Crippen LogP contribution >= 0.6 is 0 Å². The van der Waals surface area contributed by atoms with Gasteiger partial charge in [0.2, 0.25) is 0 Å². The number of aromatic amines is 1. The average Bonchev–Trinajstić information content (AvgIpc) is 3.11. The summed E-state index contributed by atoms with van der Waals surface area (Å²) >= 11 is 0. The quantitative estimate of drug-likeness (QED) is 0.523. The first kappa shape index (κ1) is 18.4. The van der Waals surface area contributed by atoms with E-state index in [2.05, 4.69) is 9.97 Å². The van der Waals surface area contributed by atoms with Crippen molar-refractivity contribution in [2.45, 2.75) is 0 Å². The van der Waals surface area contributed by atoms with E-state index in [1.54, 1.807) is 18.2 Å². The lowest BCUT2D eigenvalue weighted by Crippen LogP contribution is -2.16. The van der Waals surface area contributed by atoms with Crippen LogP contribution in [0.2, 0.25) is 0 Å². The maximum absolute atomic E-state index is 10.9. The minimum atomic E-state index is -0.855. The largest absolute Gasteiger partial charge is 0.457 e. The number of primary amides is 1. The van der Waals surface area contributed by atoms with Gasteiger partial charge < -0.3 is 25.1 Å². The molecule has 0 aliphatic heterocycles. The molecule has 0 saturated heterocycles. The Labute approximate surface area is 167 Å². The van der Waals surface area contributed by atoms with Crippen LogP contribution in [-0.4, -0.2) is 30.2 Å². The molecular formula is C22H20N4O3. The minimum absolute atomic E-state index is 0.353. The summed E-state index contributed by atoms with van der Waals surface area (Å²) in [6, 6.07) is 20.7. The highest BCUT2D eigenvalue weighted by Gasteiger charge is 2.08. The summed E-state index contributed by atoms with van der Waals surface area (Å²) < 4.78 is 10.9. The van der Waals surface area contributed by atoms with Crippen molar-refractivity contribution in [2.24, 2.45) is 5.73 Å². The molecule has 0 atom stereocenters. The van der Waals surface area contributed by atoms with E-state index in [0.29, 0.717) is 17.1 Å². The van der Waals surface area contributed by atoms with Gasteiger partial charge in [-0.3, -0.25) is 0 Å². The molecule has 3 N–H and O–H groups in total. The number of amides is 1. The fourth-order valence-electron chi connectivity index (χ4n) is 2.94. The number of nitrogens with zero attached hydrogens (tertiary/aromatic N) is 2. The van der Waals surface area contributed by atoms with Crippen LogP contribution in [0, 0.1) is 0 Å². The molecule has 1 heterocycles. The predicted octanol–water partition coefficient (Wildman–Crippen LogP) is 4.55.